The average molecular weight is 201 g/mol. The summed E-state index contributed by atoms with van der Waals surface area (Å²) in [5.74, 6) is 2.97. The molecular weight excluding hydrogens is 195 g/mol. The molecule has 0 radical (unpaired) electrons. The first-order valence-electron chi connectivity index (χ1n) is 3.22. The van der Waals surface area contributed by atoms with Gasteiger partial charge in [-0.15, -0.1) is 6.42 Å². The summed E-state index contributed by atoms with van der Waals surface area (Å²) in [5, 5.41) is 3.83. The maximum Gasteiger partial charge on any atom is 0.145 e. The smallest absolute Gasteiger partial charge is 0.145 e. The maximum atomic E-state index is 5.79. The molecule has 0 spiro atoms. The second-order valence-corrected chi connectivity index (χ2v) is 2.89. The normalized spacial score (nSPS) is 9.08. The van der Waals surface area contributed by atoms with Crippen molar-refractivity contribution in [1.82, 2.24) is 4.98 Å². The minimum atomic E-state index is 0.397. The van der Waals surface area contributed by atoms with Crippen LogP contribution in [0.5, 0.6) is 0 Å². The van der Waals surface area contributed by atoms with E-state index < -0.39 is 0 Å². The third kappa shape index (κ3) is 2.30. The van der Waals surface area contributed by atoms with Gasteiger partial charge >= 0.3 is 0 Å². The van der Waals surface area contributed by atoms with Gasteiger partial charge in [-0.2, -0.15) is 0 Å². The van der Waals surface area contributed by atoms with Crippen molar-refractivity contribution in [2.45, 2.75) is 0 Å². The molecule has 1 heterocycles. The molecular formula is C8H6Cl2N2. The van der Waals surface area contributed by atoms with Crippen molar-refractivity contribution in [2.75, 3.05) is 11.9 Å². The summed E-state index contributed by atoms with van der Waals surface area (Å²) in [5.41, 5.74) is 0. The van der Waals surface area contributed by atoms with Crippen molar-refractivity contribution in [2.24, 2.45) is 0 Å². The van der Waals surface area contributed by atoms with Crippen LogP contribution in [0.4, 0.5) is 5.82 Å². The molecule has 4 heteroatoms. The maximum absolute atomic E-state index is 5.79. The minimum absolute atomic E-state index is 0.397. The summed E-state index contributed by atoms with van der Waals surface area (Å²) < 4.78 is 0. The molecule has 2 nitrogen and oxygen atoms in total. The lowest BCUT2D eigenvalue weighted by Gasteiger charge is -2.02. The molecule has 1 N–H and O–H groups in total. The van der Waals surface area contributed by atoms with Gasteiger partial charge in [0, 0.05) is 6.20 Å². The van der Waals surface area contributed by atoms with Crippen LogP contribution in [0.15, 0.2) is 12.3 Å². The number of halogens is 2. The van der Waals surface area contributed by atoms with E-state index in [1.54, 1.807) is 6.07 Å². The van der Waals surface area contributed by atoms with Gasteiger partial charge in [0.15, 0.2) is 0 Å². The zero-order chi connectivity index (χ0) is 8.97. The molecule has 0 fully saturated rings. The van der Waals surface area contributed by atoms with Crippen LogP contribution >= 0.6 is 23.2 Å². The molecule has 62 valence electrons. The number of nitrogens with zero attached hydrogens (tertiary/aromatic N) is 1. The third-order valence-corrected chi connectivity index (χ3v) is 1.66. The molecule has 0 aliphatic heterocycles. The molecule has 0 saturated carbocycles. The van der Waals surface area contributed by atoms with Gasteiger partial charge in [-0.1, -0.05) is 29.1 Å². The van der Waals surface area contributed by atoms with E-state index in [0.29, 0.717) is 22.4 Å². The molecule has 1 aromatic rings. The number of hydrogen-bond donors (Lipinski definition) is 1. The minimum Gasteiger partial charge on any atom is -0.358 e. The topological polar surface area (TPSA) is 24.9 Å². The Kier molecular flexibility index (Phi) is 3.21. The molecule has 12 heavy (non-hydrogen) atoms. The summed E-state index contributed by atoms with van der Waals surface area (Å²) in [4.78, 5) is 3.94. The molecule has 0 aliphatic rings. The van der Waals surface area contributed by atoms with E-state index in [2.05, 4.69) is 16.2 Å². The van der Waals surface area contributed by atoms with Crippen LogP contribution in [-0.4, -0.2) is 11.5 Å². The van der Waals surface area contributed by atoms with E-state index >= 15 is 0 Å². The summed E-state index contributed by atoms with van der Waals surface area (Å²) in [6.45, 7) is 0.397. The largest absolute Gasteiger partial charge is 0.358 e. The predicted octanol–water partition coefficient (Wildman–Crippen LogP) is 2.43. The van der Waals surface area contributed by atoms with E-state index in [4.69, 9.17) is 29.6 Å². The first-order chi connectivity index (χ1) is 5.74. The number of terminal acetylenes is 1. The highest BCUT2D eigenvalue weighted by Gasteiger charge is 2.00. The van der Waals surface area contributed by atoms with E-state index in [-0.39, 0.29) is 0 Å². The summed E-state index contributed by atoms with van der Waals surface area (Å²) in [6, 6.07) is 1.61. The van der Waals surface area contributed by atoms with Crippen molar-refractivity contribution in [3.8, 4) is 12.3 Å². The van der Waals surface area contributed by atoms with Crippen molar-refractivity contribution >= 4 is 29.0 Å². The van der Waals surface area contributed by atoms with Crippen molar-refractivity contribution in [3.05, 3.63) is 22.3 Å². The highest BCUT2D eigenvalue weighted by Crippen LogP contribution is 2.21. The van der Waals surface area contributed by atoms with Gasteiger partial charge in [0.05, 0.1) is 16.6 Å². The molecule has 0 saturated heterocycles. The summed E-state index contributed by atoms with van der Waals surface area (Å²) >= 11 is 11.4. The summed E-state index contributed by atoms with van der Waals surface area (Å²) in [7, 11) is 0. The Morgan fingerprint density at radius 3 is 2.92 bits per heavy atom. The van der Waals surface area contributed by atoms with Crippen molar-refractivity contribution < 1.29 is 0 Å². The van der Waals surface area contributed by atoms with Crippen LogP contribution in [0.25, 0.3) is 0 Å². The lowest BCUT2D eigenvalue weighted by atomic mass is 10.4. The molecule has 0 aromatic carbocycles. The van der Waals surface area contributed by atoms with Crippen LogP contribution in [0.1, 0.15) is 0 Å². The second-order valence-electron chi connectivity index (χ2n) is 2.04. The highest BCUT2D eigenvalue weighted by atomic mass is 35.5. The molecule has 0 bridgehead atoms. The quantitative estimate of drug-likeness (QED) is 0.743. The molecule has 0 atom stereocenters. The number of nitrogens with one attached hydrogen (secondary N) is 1. The van der Waals surface area contributed by atoms with Crippen LogP contribution in [-0.2, 0) is 0 Å². The van der Waals surface area contributed by atoms with Gasteiger partial charge in [-0.05, 0) is 6.07 Å². The molecule has 0 unspecified atom stereocenters. The fourth-order valence-electron chi connectivity index (χ4n) is 0.679. The Morgan fingerprint density at radius 1 is 1.58 bits per heavy atom. The number of rotatable bonds is 2. The zero-order valence-electron chi connectivity index (χ0n) is 6.14. The van der Waals surface area contributed by atoms with Gasteiger partial charge in [-0.25, -0.2) is 4.98 Å². The Balaban J connectivity index is 2.81. The van der Waals surface area contributed by atoms with Gasteiger partial charge in [-0.3, -0.25) is 0 Å². The number of pyridine rings is 1. The van der Waals surface area contributed by atoms with Gasteiger partial charge in [0.2, 0.25) is 0 Å². The molecule has 1 rings (SSSR count). The second kappa shape index (κ2) is 4.20. The lowest BCUT2D eigenvalue weighted by molar-refractivity contribution is 1.25. The highest BCUT2D eigenvalue weighted by molar-refractivity contribution is 6.35. The summed E-state index contributed by atoms with van der Waals surface area (Å²) in [6.07, 6.45) is 6.55. The predicted molar refractivity (Wildman–Crippen MR) is 51.6 cm³/mol. The first kappa shape index (κ1) is 9.18. The van der Waals surface area contributed by atoms with E-state index in [1.807, 2.05) is 0 Å². The Labute approximate surface area is 80.9 Å². The SMILES string of the molecule is C#CCNc1ncc(Cl)cc1Cl. The Morgan fingerprint density at radius 2 is 2.33 bits per heavy atom. The standard InChI is InChI=1S/C8H6Cl2N2/c1-2-3-11-8-7(10)4-6(9)5-12-8/h1,4-5H,3H2,(H,11,12). The number of anilines is 1. The van der Waals surface area contributed by atoms with E-state index in [1.165, 1.54) is 6.20 Å². The zero-order valence-corrected chi connectivity index (χ0v) is 7.65. The van der Waals surface area contributed by atoms with Gasteiger partial charge in [0.25, 0.3) is 0 Å². The van der Waals surface area contributed by atoms with Crippen LogP contribution < -0.4 is 5.32 Å². The monoisotopic (exact) mass is 200 g/mol. The van der Waals surface area contributed by atoms with Gasteiger partial charge < -0.3 is 5.32 Å². The van der Waals surface area contributed by atoms with Crippen molar-refractivity contribution in [1.29, 1.82) is 0 Å². The molecule has 1 aromatic heterocycles. The molecule has 0 amide bonds. The fraction of sp³-hybridized carbons (Fsp3) is 0.125. The van der Waals surface area contributed by atoms with Crippen LogP contribution in [0.2, 0.25) is 10.0 Å². The average Bonchev–Trinajstić information content (AvgIpc) is 2.03. The Bertz CT molecular complexity index is 317. The van der Waals surface area contributed by atoms with Crippen LogP contribution in [0, 0.1) is 12.3 Å². The fourth-order valence-corrected chi connectivity index (χ4v) is 1.13. The first-order valence-corrected chi connectivity index (χ1v) is 3.98. The molecule has 0 aliphatic carbocycles. The van der Waals surface area contributed by atoms with E-state index in [9.17, 15) is 0 Å². The third-order valence-electron chi connectivity index (χ3n) is 1.17. The van der Waals surface area contributed by atoms with Gasteiger partial charge in [0.1, 0.15) is 5.82 Å². The number of hydrogen-bond acceptors (Lipinski definition) is 2. The van der Waals surface area contributed by atoms with E-state index in [0.717, 1.165) is 0 Å². The van der Waals surface area contributed by atoms with Crippen molar-refractivity contribution in [3.63, 3.8) is 0 Å². The Hall–Kier alpha value is -0.910. The lowest BCUT2D eigenvalue weighted by Crippen LogP contribution is -2.00. The van der Waals surface area contributed by atoms with Crippen LogP contribution in [0.3, 0.4) is 0 Å². The number of aromatic nitrogens is 1.